The molecular formula is C16H22ClN3O2S. The minimum Gasteiger partial charge on any atom is -0.494 e. The smallest absolute Gasteiger partial charge is 0.227 e. The van der Waals surface area contributed by atoms with Crippen molar-refractivity contribution < 1.29 is 9.53 Å². The number of rotatable bonds is 4. The number of aryl methyl sites for hydroxylation is 1. The van der Waals surface area contributed by atoms with E-state index in [1.807, 2.05) is 19.1 Å². The lowest BCUT2D eigenvalue weighted by atomic mass is 9.95. The van der Waals surface area contributed by atoms with Crippen LogP contribution in [0.4, 0.5) is 5.69 Å². The van der Waals surface area contributed by atoms with Crippen molar-refractivity contribution in [1.29, 1.82) is 0 Å². The summed E-state index contributed by atoms with van der Waals surface area (Å²) in [4.78, 5) is 17.0. The quantitative estimate of drug-likeness (QED) is 0.881. The van der Waals surface area contributed by atoms with Gasteiger partial charge in [0.05, 0.1) is 28.0 Å². The molecule has 5 nitrogen and oxygen atoms in total. The summed E-state index contributed by atoms with van der Waals surface area (Å²) in [7, 11) is 1.61. The fourth-order valence-corrected chi connectivity index (χ4v) is 4.07. The van der Waals surface area contributed by atoms with Crippen LogP contribution >= 0.6 is 23.7 Å². The van der Waals surface area contributed by atoms with Crippen LogP contribution in [-0.4, -0.2) is 24.5 Å². The molecule has 23 heavy (non-hydrogen) atoms. The second-order valence-corrected chi connectivity index (χ2v) is 7.01. The van der Waals surface area contributed by atoms with Crippen LogP contribution in [0.5, 0.6) is 5.75 Å². The predicted octanol–water partition coefficient (Wildman–Crippen LogP) is 3.35. The molecule has 1 aliphatic rings. The molecule has 1 saturated carbocycles. The lowest BCUT2D eigenvalue weighted by Crippen LogP contribution is -2.29. The van der Waals surface area contributed by atoms with Gasteiger partial charge in [0, 0.05) is 12.0 Å². The zero-order valence-corrected chi connectivity index (χ0v) is 14.9. The molecule has 0 bridgehead atoms. The number of anilines is 1. The fraction of sp³-hybridized carbons (Fsp3) is 0.500. The van der Waals surface area contributed by atoms with E-state index in [0.29, 0.717) is 23.9 Å². The van der Waals surface area contributed by atoms with Crippen molar-refractivity contribution in [3.8, 4) is 5.75 Å². The van der Waals surface area contributed by atoms with Crippen molar-refractivity contribution in [1.82, 2.24) is 4.98 Å². The van der Waals surface area contributed by atoms with Gasteiger partial charge in [-0.2, -0.15) is 0 Å². The van der Waals surface area contributed by atoms with E-state index in [9.17, 15) is 4.79 Å². The molecular weight excluding hydrogens is 334 g/mol. The zero-order valence-electron chi connectivity index (χ0n) is 13.3. The Labute approximate surface area is 146 Å². The number of thiazole rings is 1. The number of nitrogens with two attached hydrogens (primary N) is 1. The Bertz CT molecular complexity index is 704. The summed E-state index contributed by atoms with van der Waals surface area (Å²) in [6, 6.07) is 3.83. The maximum absolute atomic E-state index is 12.6. The van der Waals surface area contributed by atoms with E-state index < -0.39 is 0 Å². The Kier molecular flexibility index (Phi) is 5.84. The van der Waals surface area contributed by atoms with Crippen molar-refractivity contribution >= 4 is 45.6 Å². The third-order valence-electron chi connectivity index (χ3n) is 4.37. The number of carbonyl (C=O) groups is 1. The number of methoxy groups -OCH3 is 1. The minimum absolute atomic E-state index is 0. The molecule has 0 spiro atoms. The summed E-state index contributed by atoms with van der Waals surface area (Å²) >= 11 is 1.61. The SMILES string of the molecule is COc1cc2nc(C)sc2cc1NC(=O)[C@@H]1CCC[C@@H]1CN.Cl. The average molecular weight is 356 g/mol. The molecule has 3 rings (SSSR count). The minimum atomic E-state index is 0. The maximum Gasteiger partial charge on any atom is 0.227 e. The Balaban J connectivity index is 0.00000192. The number of ether oxygens (including phenoxy) is 1. The normalized spacial score (nSPS) is 20.3. The second-order valence-electron chi connectivity index (χ2n) is 5.78. The number of hydrogen-bond acceptors (Lipinski definition) is 5. The first-order chi connectivity index (χ1) is 10.6. The Morgan fingerprint density at radius 3 is 2.96 bits per heavy atom. The van der Waals surface area contributed by atoms with Crippen molar-refractivity contribution in [2.75, 3.05) is 19.0 Å². The largest absolute Gasteiger partial charge is 0.494 e. The summed E-state index contributed by atoms with van der Waals surface area (Å²) in [5.74, 6) is 0.995. The number of halogens is 1. The number of aromatic nitrogens is 1. The van der Waals surface area contributed by atoms with Gasteiger partial charge in [-0.15, -0.1) is 23.7 Å². The number of nitrogens with one attached hydrogen (secondary N) is 1. The monoisotopic (exact) mass is 355 g/mol. The fourth-order valence-electron chi connectivity index (χ4n) is 3.23. The highest BCUT2D eigenvalue weighted by atomic mass is 35.5. The molecule has 2 aromatic rings. The molecule has 0 unspecified atom stereocenters. The molecule has 0 saturated heterocycles. The number of amides is 1. The molecule has 1 aliphatic carbocycles. The van der Waals surface area contributed by atoms with Crippen molar-refractivity contribution in [3.05, 3.63) is 17.1 Å². The van der Waals surface area contributed by atoms with Crippen LogP contribution in [0.25, 0.3) is 10.2 Å². The molecule has 0 aliphatic heterocycles. The van der Waals surface area contributed by atoms with Crippen molar-refractivity contribution in [2.45, 2.75) is 26.2 Å². The van der Waals surface area contributed by atoms with E-state index in [2.05, 4.69) is 10.3 Å². The van der Waals surface area contributed by atoms with Crippen LogP contribution in [0.1, 0.15) is 24.3 Å². The highest BCUT2D eigenvalue weighted by molar-refractivity contribution is 7.18. The predicted molar refractivity (Wildman–Crippen MR) is 96.7 cm³/mol. The van der Waals surface area contributed by atoms with Crippen LogP contribution in [0.2, 0.25) is 0 Å². The highest BCUT2D eigenvalue weighted by Crippen LogP contribution is 2.36. The lowest BCUT2D eigenvalue weighted by molar-refractivity contribution is -0.120. The second kappa shape index (κ2) is 7.47. The number of nitrogens with zero attached hydrogens (tertiary/aromatic N) is 1. The van der Waals surface area contributed by atoms with Gasteiger partial charge in [-0.1, -0.05) is 6.42 Å². The van der Waals surface area contributed by atoms with E-state index in [1.165, 1.54) is 0 Å². The molecule has 1 heterocycles. The molecule has 1 amide bonds. The Hall–Kier alpha value is -1.37. The van der Waals surface area contributed by atoms with E-state index in [0.717, 1.165) is 34.5 Å². The maximum atomic E-state index is 12.6. The van der Waals surface area contributed by atoms with Crippen LogP contribution in [0.15, 0.2) is 12.1 Å². The van der Waals surface area contributed by atoms with Crippen LogP contribution in [0, 0.1) is 18.8 Å². The standard InChI is InChI=1S/C16H21N3O2S.ClH/c1-9-18-13-6-14(21-2)12(7-15(13)22-9)19-16(20)11-5-3-4-10(11)8-17;/h6-7,10-11H,3-5,8,17H2,1-2H3,(H,19,20);1H/t10-,11-;/m1./s1. The van der Waals surface area contributed by atoms with Crippen molar-refractivity contribution in [3.63, 3.8) is 0 Å². The molecule has 1 aromatic carbocycles. The van der Waals surface area contributed by atoms with Gasteiger partial charge in [0.2, 0.25) is 5.91 Å². The summed E-state index contributed by atoms with van der Waals surface area (Å²) in [6.07, 6.45) is 3.03. The van der Waals surface area contributed by atoms with Crippen LogP contribution in [-0.2, 0) is 4.79 Å². The molecule has 1 fully saturated rings. The van der Waals surface area contributed by atoms with Gasteiger partial charge >= 0.3 is 0 Å². The van der Waals surface area contributed by atoms with Gasteiger partial charge in [0.15, 0.2) is 0 Å². The number of fused-ring (bicyclic) bond motifs is 1. The van der Waals surface area contributed by atoms with Gasteiger partial charge in [0.25, 0.3) is 0 Å². The van der Waals surface area contributed by atoms with Gasteiger partial charge in [0.1, 0.15) is 5.75 Å². The molecule has 0 radical (unpaired) electrons. The highest BCUT2D eigenvalue weighted by Gasteiger charge is 2.32. The van der Waals surface area contributed by atoms with E-state index >= 15 is 0 Å². The summed E-state index contributed by atoms with van der Waals surface area (Å²) in [6.45, 7) is 2.54. The van der Waals surface area contributed by atoms with Gasteiger partial charge in [-0.25, -0.2) is 4.98 Å². The van der Waals surface area contributed by atoms with E-state index in [4.69, 9.17) is 10.5 Å². The van der Waals surface area contributed by atoms with Crippen LogP contribution < -0.4 is 15.8 Å². The van der Waals surface area contributed by atoms with Gasteiger partial charge < -0.3 is 15.8 Å². The van der Waals surface area contributed by atoms with Gasteiger partial charge in [-0.05, 0) is 38.3 Å². The molecule has 1 aromatic heterocycles. The number of benzene rings is 1. The Morgan fingerprint density at radius 2 is 2.26 bits per heavy atom. The van der Waals surface area contributed by atoms with Gasteiger partial charge in [-0.3, -0.25) is 4.79 Å². The summed E-state index contributed by atoms with van der Waals surface area (Å²) in [5, 5.41) is 4.03. The van der Waals surface area contributed by atoms with E-state index in [1.54, 1.807) is 18.4 Å². The van der Waals surface area contributed by atoms with E-state index in [-0.39, 0.29) is 24.2 Å². The molecule has 7 heteroatoms. The summed E-state index contributed by atoms with van der Waals surface area (Å²) < 4.78 is 6.46. The first kappa shape index (κ1) is 18.0. The third-order valence-corrected chi connectivity index (χ3v) is 5.31. The van der Waals surface area contributed by atoms with Crippen molar-refractivity contribution in [2.24, 2.45) is 17.6 Å². The average Bonchev–Trinajstić information content (AvgIpc) is 3.10. The Morgan fingerprint density at radius 1 is 1.48 bits per heavy atom. The zero-order chi connectivity index (χ0) is 15.7. The number of carbonyl (C=O) groups excluding carboxylic acids is 1. The van der Waals surface area contributed by atoms with Crippen LogP contribution in [0.3, 0.4) is 0 Å². The molecule has 126 valence electrons. The summed E-state index contributed by atoms with van der Waals surface area (Å²) in [5.41, 5.74) is 7.39. The first-order valence-corrected chi connectivity index (χ1v) is 8.40. The molecule has 2 atom stereocenters. The topological polar surface area (TPSA) is 77.2 Å². The first-order valence-electron chi connectivity index (χ1n) is 7.58. The lowest BCUT2D eigenvalue weighted by Gasteiger charge is -2.18. The number of hydrogen-bond donors (Lipinski definition) is 2. The molecule has 3 N–H and O–H groups in total. The third kappa shape index (κ3) is 3.59.